The van der Waals surface area contributed by atoms with Crippen molar-refractivity contribution in [3.63, 3.8) is 0 Å². The lowest BCUT2D eigenvalue weighted by atomic mass is 10.3. The largest absolute Gasteiger partial charge is 0.359 e. The van der Waals surface area contributed by atoms with Gasteiger partial charge in [0.25, 0.3) is 11.2 Å². The first-order chi connectivity index (χ1) is 11.7. The molecular weight excluding hydrogens is 360 g/mol. The maximum absolute atomic E-state index is 12.7. The highest BCUT2D eigenvalue weighted by molar-refractivity contribution is 7.91. The van der Waals surface area contributed by atoms with Crippen molar-refractivity contribution in [2.45, 2.75) is 9.79 Å². The molecule has 0 N–H and O–H groups in total. The number of fused-ring (bicyclic) bond motifs is 1. The molecule has 0 spiro atoms. The number of nitro groups is 2. The van der Waals surface area contributed by atoms with Gasteiger partial charge in [0.05, 0.1) is 19.9 Å². The van der Waals surface area contributed by atoms with Gasteiger partial charge in [-0.1, -0.05) is 0 Å². The molecular formula is C12H6N4O8S. The van der Waals surface area contributed by atoms with Crippen LogP contribution < -0.4 is 4.90 Å². The third kappa shape index (κ3) is 2.51. The zero-order valence-electron chi connectivity index (χ0n) is 11.9. The van der Waals surface area contributed by atoms with Crippen LogP contribution in [0.1, 0.15) is 0 Å². The van der Waals surface area contributed by atoms with E-state index in [1.165, 1.54) is 0 Å². The molecule has 0 aliphatic heterocycles. The number of sulfone groups is 1. The zero-order valence-corrected chi connectivity index (χ0v) is 12.7. The molecule has 1 aromatic heterocycles. The maximum Gasteiger partial charge on any atom is 0.327 e. The molecule has 0 bridgehead atoms. The SMILES string of the molecule is O=[N+]([O-])c1ccc(S(=O)(=O)c2ccc([N+](=O)[O-])c3no[n+]([O-])c23)cc1. The smallest absolute Gasteiger partial charge is 0.327 e. The number of nitrogens with zero attached hydrogens (tertiary/aromatic N) is 4. The molecule has 0 unspecified atom stereocenters. The van der Waals surface area contributed by atoms with Crippen molar-refractivity contribution in [1.82, 2.24) is 5.16 Å². The van der Waals surface area contributed by atoms with Crippen LogP contribution in [0.5, 0.6) is 0 Å². The standard InChI is InChI=1S/C12H6N4O8S/c17-14(18)7-1-3-8(4-2-7)25(22,23)10-6-5-9(15(19)20)11-12(10)16(21)24-13-11/h1-6H. The Morgan fingerprint density at radius 3 is 2.20 bits per heavy atom. The summed E-state index contributed by atoms with van der Waals surface area (Å²) >= 11 is 0. The molecule has 0 atom stereocenters. The summed E-state index contributed by atoms with van der Waals surface area (Å²) in [5.41, 5.74) is -2.08. The van der Waals surface area contributed by atoms with E-state index in [1.807, 2.05) is 0 Å². The fraction of sp³-hybridized carbons (Fsp3) is 0. The first-order valence-corrected chi connectivity index (χ1v) is 7.88. The van der Waals surface area contributed by atoms with Crippen molar-refractivity contribution in [2.75, 3.05) is 0 Å². The van der Waals surface area contributed by atoms with Crippen LogP contribution in [0, 0.1) is 25.4 Å². The van der Waals surface area contributed by atoms with Gasteiger partial charge in [-0.25, -0.2) is 8.42 Å². The molecule has 0 aliphatic carbocycles. The minimum Gasteiger partial charge on any atom is -0.359 e. The number of benzene rings is 2. The Hall–Kier alpha value is -3.61. The molecule has 13 heteroatoms. The van der Waals surface area contributed by atoms with Gasteiger partial charge in [0, 0.05) is 18.2 Å². The molecule has 0 saturated carbocycles. The Bertz CT molecular complexity index is 1120. The van der Waals surface area contributed by atoms with Gasteiger partial charge in [0.15, 0.2) is 0 Å². The van der Waals surface area contributed by atoms with E-state index in [0.29, 0.717) is 0 Å². The molecule has 128 valence electrons. The first-order valence-electron chi connectivity index (χ1n) is 6.40. The lowest BCUT2D eigenvalue weighted by molar-refractivity contribution is -0.783. The maximum atomic E-state index is 12.7. The Labute approximate surface area is 137 Å². The predicted octanol–water partition coefficient (Wildman–Crippen LogP) is 1.11. The number of aromatic nitrogens is 2. The van der Waals surface area contributed by atoms with Crippen LogP contribution in [0.3, 0.4) is 0 Å². The average Bonchev–Trinajstić information content (AvgIpc) is 2.96. The van der Waals surface area contributed by atoms with Gasteiger partial charge >= 0.3 is 11.2 Å². The summed E-state index contributed by atoms with van der Waals surface area (Å²) in [4.78, 5) is 18.9. The lowest BCUT2D eigenvalue weighted by Crippen LogP contribution is -2.25. The van der Waals surface area contributed by atoms with Crippen molar-refractivity contribution < 1.29 is 27.8 Å². The predicted molar refractivity (Wildman–Crippen MR) is 78.2 cm³/mol. The van der Waals surface area contributed by atoms with Gasteiger partial charge in [0.2, 0.25) is 9.84 Å². The van der Waals surface area contributed by atoms with Crippen molar-refractivity contribution in [2.24, 2.45) is 0 Å². The van der Waals surface area contributed by atoms with Gasteiger partial charge in [0.1, 0.15) is 4.90 Å². The topological polar surface area (TPSA) is 173 Å². The van der Waals surface area contributed by atoms with Crippen molar-refractivity contribution >= 4 is 32.2 Å². The van der Waals surface area contributed by atoms with E-state index in [-0.39, 0.29) is 15.5 Å². The quantitative estimate of drug-likeness (QED) is 0.372. The minimum atomic E-state index is -4.31. The van der Waals surface area contributed by atoms with Crippen LogP contribution in [0.15, 0.2) is 50.8 Å². The van der Waals surface area contributed by atoms with Gasteiger partial charge in [-0.05, 0) is 23.1 Å². The highest BCUT2D eigenvalue weighted by Crippen LogP contribution is 2.31. The summed E-state index contributed by atoms with van der Waals surface area (Å²) in [7, 11) is -4.31. The van der Waals surface area contributed by atoms with Crippen LogP contribution in [-0.4, -0.2) is 23.4 Å². The highest BCUT2D eigenvalue weighted by Gasteiger charge is 2.32. The molecule has 1 heterocycles. The van der Waals surface area contributed by atoms with Crippen molar-refractivity contribution in [3.8, 4) is 0 Å². The fourth-order valence-electron chi connectivity index (χ4n) is 2.17. The van der Waals surface area contributed by atoms with Crippen molar-refractivity contribution in [3.05, 3.63) is 61.8 Å². The summed E-state index contributed by atoms with van der Waals surface area (Å²) in [5, 5.41) is 36.5. The molecule has 0 fully saturated rings. The van der Waals surface area contributed by atoms with Crippen LogP contribution >= 0.6 is 0 Å². The number of hydrogen-bond acceptors (Lipinski definition) is 9. The van der Waals surface area contributed by atoms with E-state index in [1.54, 1.807) is 0 Å². The fourth-order valence-corrected chi connectivity index (χ4v) is 3.60. The second kappa shape index (κ2) is 5.48. The normalized spacial score (nSPS) is 11.5. The van der Waals surface area contributed by atoms with E-state index < -0.39 is 41.3 Å². The van der Waals surface area contributed by atoms with E-state index in [2.05, 4.69) is 9.79 Å². The van der Waals surface area contributed by atoms with Crippen LogP contribution in [0.25, 0.3) is 11.0 Å². The summed E-state index contributed by atoms with van der Waals surface area (Å²) < 4.78 is 29.7. The monoisotopic (exact) mass is 366 g/mol. The van der Waals surface area contributed by atoms with Gasteiger partial charge in [-0.3, -0.25) is 24.9 Å². The Balaban J connectivity index is 2.24. The second-order valence-electron chi connectivity index (χ2n) is 4.72. The van der Waals surface area contributed by atoms with Crippen LogP contribution in [-0.2, 0) is 9.84 Å². The van der Waals surface area contributed by atoms with E-state index in [0.717, 1.165) is 36.4 Å². The summed E-state index contributed by atoms with van der Waals surface area (Å²) in [6, 6.07) is 5.70. The summed E-state index contributed by atoms with van der Waals surface area (Å²) in [5.74, 6) is 0. The first kappa shape index (κ1) is 16.3. The van der Waals surface area contributed by atoms with Gasteiger partial charge in [-0.15, -0.1) is 0 Å². The van der Waals surface area contributed by atoms with Gasteiger partial charge in [-0.2, -0.15) is 0 Å². The number of hydrogen-bond donors (Lipinski definition) is 0. The number of non-ortho nitro benzene ring substituents is 2. The Morgan fingerprint density at radius 2 is 1.64 bits per heavy atom. The molecule has 0 saturated heterocycles. The summed E-state index contributed by atoms with van der Waals surface area (Å²) in [6.45, 7) is 0. The van der Waals surface area contributed by atoms with E-state index in [4.69, 9.17) is 0 Å². The van der Waals surface area contributed by atoms with E-state index >= 15 is 0 Å². The summed E-state index contributed by atoms with van der Waals surface area (Å²) in [6.07, 6.45) is 0. The third-order valence-corrected chi connectivity index (χ3v) is 5.13. The van der Waals surface area contributed by atoms with Crippen LogP contribution in [0.4, 0.5) is 11.4 Å². The Kier molecular flexibility index (Phi) is 3.57. The zero-order chi connectivity index (χ0) is 18.4. The molecule has 0 aliphatic rings. The minimum absolute atomic E-state index is 0.249. The van der Waals surface area contributed by atoms with Gasteiger partial charge < -0.3 is 5.21 Å². The second-order valence-corrected chi connectivity index (χ2v) is 6.64. The third-order valence-electron chi connectivity index (χ3n) is 3.33. The molecule has 3 aromatic rings. The van der Waals surface area contributed by atoms with E-state index in [9.17, 15) is 33.9 Å². The number of nitro benzene ring substituents is 2. The molecule has 12 nitrogen and oxygen atoms in total. The molecule has 0 radical (unpaired) electrons. The Morgan fingerprint density at radius 1 is 1.00 bits per heavy atom. The number of rotatable bonds is 4. The van der Waals surface area contributed by atoms with Crippen LogP contribution in [0.2, 0.25) is 0 Å². The average molecular weight is 366 g/mol. The van der Waals surface area contributed by atoms with Crippen molar-refractivity contribution in [1.29, 1.82) is 0 Å². The lowest BCUT2D eigenvalue weighted by Gasteiger charge is -2.04. The highest BCUT2D eigenvalue weighted by atomic mass is 32.2. The molecule has 0 amide bonds. The molecule has 2 aromatic carbocycles. The molecule has 25 heavy (non-hydrogen) atoms. The molecule has 3 rings (SSSR count).